The molecule has 8 nitrogen and oxygen atoms in total. The highest BCUT2D eigenvalue weighted by atomic mass is 32.1. The average molecular weight is 623 g/mol. The Balaban J connectivity index is 1.53. The number of hydrogen-bond acceptors (Lipinski definition) is 8. The summed E-state index contributed by atoms with van der Waals surface area (Å²) < 4.78 is 11.1. The summed E-state index contributed by atoms with van der Waals surface area (Å²) in [5.74, 6) is -1.78. The van der Waals surface area contributed by atoms with Gasteiger partial charge in [0.05, 0.1) is 17.3 Å². The highest BCUT2D eigenvalue weighted by Crippen LogP contribution is 2.44. The summed E-state index contributed by atoms with van der Waals surface area (Å²) in [6.07, 6.45) is 1.46. The van der Waals surface area contributed by atoms with E-state index in [1.54, 1.807) is 31.2 Å². The van der Waals surface area contributed by atoms with E-state index in [9.17, 15) is 19.5 Å². The van der Waals surface area contributed by atoms with Gasteiger partial charge in [-0.1, -0.05) is 91.9 Å². The Hall–Kier alpha value is -5.02. The van der Waals surface area contributed by atoms with Crippen LogP contribution in [-0.2, 0) is 20.9 Å². The van der Waals surface area contributed by atoms with Gasteiger partial charge in [0.15, 0.2) is 5.13 Å². The summed E-state index contributed by atoms with van der Waals surface area (Å²) >= 11 is 0.956. The Kier molecular flexibility index (Phi) is 9.29. The van der Waals surface area contributed by atoms with Crippen LogP contribution in [0.1, 0.15) is 69.0 Å². The quantitative estimate of drug-likeness (QED) is 0.0645. The van der Waals surface area contributed by atoms with Gasteiger partial charge >= 0.3 is 11.9 Å². The predicted molar refractivity (Wildman–Crippen MR) is 175 cm³/mol. The van der Waals surface area contributed by atoms with Crippen LogP contribution in [0.4, 0.5) is 5.13 Å². The molecule has 230 valence electrons. The van der Waals surface area contributed by atoms with Crippen LogP contribution in [0.15, 0.2) is 91.0 Å². The maximum Gasteiger partial charge on any atom is 0.350 e. The lowest BCUT2D eigenvalue weighted by atomic mass is 9.93. The van der Waals surface area contributed by atoms with Crippen LogP contribution in [0.25, 0.3) is 5.76 Å². The molecule has 1 aromatic heterocycles. The van der Waals surface area contributed by atoms with Gasteiger partial charge in [0.1, 0.15) is 29.6 Å². The lowest BCUT2D eigenvalue weighted by molar-refractivity contribution is -0.132. The van der Waals surface area contributed by atoms with Crippen LogP contribution in [0.3, 0.4) is 0 Å². The molecule has 4 aromatic rings. The van der Waals surface area contributed by atoms with Gasteiger partial charge in [-0.05, 0) is 60.7 Å². The fraction of sp³-hybridized carbons (Fsp3) is 0.222. The number of aliphatic hydroxyl groups is 1. The number of anilines is 1. The van der Waals surface area contributed by atoms with Crippen LogP contribution in [0, 0.1) is 13.8 Å². The molecule has 0 aliphatic carbocycles. The highest BCUT2D eigenvalue weighted by Gasteiger charge is 2.48. The molecule has 1 aliphatic heterocycles. The van der Waals surface area contributed by atoms with Gasteiger partial charge in [0.25, 0.3) is 5.78 Å². The summed E-state index contributed by atoms with van der Waals surface area (Å²) in [5, 5.41) is 11.7. The van der Waals surface area contributed by atoms with E-state index in [0.717, 1.165) is 28.0 Å². The Bertz CT molecular complexity index is 1790. The normalized spacial score (nSPS) is 15.8. The summed E-state index contributed by atoms with van der Waals surface area (Å²) in [5.41, 5.74) is 4.49. The molecule has 1 fully saturated rings. The molecule has 1 saturated heterocycles. The molecule has 0 saturated carbocycles. The molecule has 0 bridgehead atoms. The SMILES string of the molecule is C=CCOC(=O)c1sc(N2C(=O)C(=O)/C(=C(/O)c3ccc(OCc4cccc(C)c4)cc3)C2c2ccc(C(C)C)cc2)nc1C. The van der Waals surface area contributed by atoms with E-state index in [2.05, 4.69) is 25.4 Å². The Morgan fingerprint density at radius 3 is 2.42 bits per heavy atom. The van der Waals surface area contributed by atoms with Crippen molar-refractivity contribution in [2.24, 2.45) is 0 Å². The number of Topliss-reactive ketones (excluding diaryl/α,β-unsaturated/α-hetero) is 1. The molecule has 45 heavy (non-hydrogen) atoms. The Morgan fingerprint density at radius 1 is 1.07 bits per heavy atom. The van der Waals surface area contributed by atoms with Crippen molar-refractivity contribution in [3.05, 3.63) is 129 Å². The van der Waals surface area contributed by atoms with Crippen molar-refractivity contribution in [3.8, 4) is 5.75 Å². The number of thiazole rings is 1. The first-order valence-electron chi connectivity index (χ1n) is 14.5. The number of ether oxygens (including phenoxy) is 2. The van der Waals surface area contributed by atoms with E-state index in [1.807, 2.05) is 55.5 Å². The minimum atomic E-state index is -0.981. The number of aromatic nitrogens is 1. The van der Waals surface area contributed by atoms with Crippen molar-refractivity contribution in [1.82, 2.24) is 4.98 Å². The van der Waals surface area contributed by atoms with Crippen molar-refractivity contribution in [1.29, 1.82) is 0 Å². The fourth-order valence-corrected chi connectivity index (χ4v) is 6.10. The monoisotopic (exact) mass is 622 g/mol. The molecule has 2 heterocycles. The Morgan fingerprint density at radius 2 is 1.78 bits per heavy atom. The minimum absolute atomic E-state index is 0.0218. The van der Waals surface area contributed by atoms with Crippen LogP contribution in [0.2, 0.25) is 0 Å². The smallest absolute Gasteiger partial charge is 0.350 e. The second-order valence-electron chi connectivity index (χ2n) is 11.1. The number of carbonyl (C=O) groups is 3. The van der Waals surface area contributed by atoms with E-state index >= 15 is 0 Å². The molecule has 1 unspecified atom stereocenters. The van der Waals surface area contributed by atoms with Crippen molar-refractivity contribution >= 4 is 39.9 Å². The van der Waals surface area contributed by atoms with Gasteiger partial charge in [-0.3, -0.25) is 14.5 Å². The number of ketones is 1. The first-order valence-corrected chi connectivity index (χ1v) is 15.4. The Labute approximate surface area is 266 Å². The van der Waals surface area contributed by atoms with E-state index in [4.69, 9.17) is 9.47 Å². The number of hydrogen-bond donors (Lipinski definition) is 1. The minimum Gasteiger partial charge on any atom is -0.507 e. The average Bonchev–Trinajstić information content (AvgIpc) is 3.54. The number of aryl methyl sites for hydroxylation is 2. The van der Waals surface area contributed by atoms with Crippen LogP contribution in [0.5, 0.6) is 5.75 Å². The lowest BCUT2D eigenvalue weighted by Gasteiger charge is -2.23. The third-order valence-electron chi connectivity index (χ3n) is 7.49. The van der Waals surface area contributed by atoms with E-state index in [-0.39, 0.29) is 33.9 Å². The van der Waals surface area contributed by atoms with Gasteiger partial charge in [-0.2, -0.15) is 0 Å². The summed E-state index contributed by atoms with van der Waals surface area (Å²) in [7, 11) is 0. The van der Waals surface area contributed by atoms with Gasteiger partial charge < -0.3 is 14.6 Å². The molecule has 0 spiro atoms. The molecule has 1 aliphatic rings. The van der Waals surface area contributed by atoms with Crippen LogP contribution >= 0.6 is 11.3 Å². The zero-order chi connectivity index (χ0) is 32.2. The zero-order valence-corrected chi connectivity index (χ0v) is 26.4. The number of aliphatic hydroxyl groups excluding tert-OH is 1. The summed E-state index contributed by atoms with van der Waals surface area (Å²) in [4.78, 5) is 45.8. The van der Waals surface area contributed by atoms with E-state index in [1.165, 1.54) is 11.0 Å². The van der Waals surface area contributed by atoms with Crippen molar-refractivity contribution in [3.63, 3.8) is 0 Å². The number of esters is 1. The summed E-state index contributed by atoms with van der Waals surface area (Å²) in [6.45, 7) is 11.7. The van der Waals surface area contributed by atoms with Crippen molar-refractivity contribution < 1.29 is 29.0 Å². The fourth-order valence-electron chi connectivity index (χ4n) is 5.12. The highest BCUT2D eigenvalue weighted by molar-refractivity contribution is 7.17. The second kappa shape index (κ2) is 13.3. The number of rotatable bonds is 10. The second-order valence-corrected chi connectivity index (χ2v) is 12.1. The largest absolute Gasteiger partial charge is 0.507 e. The third kappa shape index (κ3) is 6.58. The lowest BCUT2D eigenvalue weighted by Crippen LogP contribution is -2.29. The molecular weight excluding hydrogens is 588 g/mol. The van der Waals surface area contributed by atoms with Crippen LogP contribution < -0.4 is 9.64 Å². The van der Waals surface area contributed by atoms with E-state index < -0.39 is 23.7 Å². The number of nitrogens with zero attached hydrogens (tertiary/aromatic N) is 2. The molecule has 1 amide bonds. The summed E-state index contributed by atoms with van der Waals surface area (Å²) in [6, 6.07) is 21.3. The molecule has 1 atom stereocenters. The first kappa shape index (κ1) is 31.4. The number of carbonyl (C=O) groups excluding carboxylic acids is 3. The van der Waals surface area contributed by atoms with Gasteiger partial charge in [-0.15, -0.1) is 0 Å². The maximum absolute atomic E-state index is 13.6. The third-order valence-corrected chi connectivity index (χ3v) is 8.62. The topological polar surface area (TPSA) is 106 Å². The first-order chi connectivity index (χ1) is 21.6. The van der Waals surface area contributed by atoms with Crippen molar-refractivity contribution in [2.75, 3.05) is 11.5 Å². The molecule has 9 heteroatoms. The molecule has 0 radical (unpaired) electrons. The van der Waals surface area contributed by atoms with Gasteiger partial charge in [0.2, 0.25) is 0 Å². The molecule has 1 N–H and O–H groups in total. The molecule has 3 aromatic carbocycles. The number of benzene rings is 3. The van der Waals surface area contributed by atoms with Gasteiger partial charge in [-0.25, -0.2) is 9.78 Å². The van der Waals surface area contributed by atoms with Gasteiger partial charge in [0, 0.05) is 5.56 Å². The predicted octanol–water partition coefficient (Wildman–Crippen LogP) is 7.43. The van der Waals surface area contributed by atoms with Crippen molar-refractivity contribution in [2.45, 2.75) is 46.3 Å². The standard InChI is InChI=1S/C36H34N2O6S/c1-6-18-43-35(42)33-23(5)37-36(45-33)38-30(26-12-10-25(11-13-26)21(2)3)29(32(40)34(38)41)31(39)27-14-16-28(17-15-27)44-20-24-9-7-8-22(4)19-24/h6-17,19,21,30,39H,1,18,20H2,2-5H3/b31-29+. The maximum atomic E-state index is 13.6. The molecular formula is C36H34N2O6S. The van der Waals surface area contributed by atoms with E-state index in [0.29, 0.717) is 29.2 Å². The molecule has 5 rings (SSSR count). The number of amides is 1. The zero-order valence-electron chi connectivity index (χ0n) is 25.6. The van der Waals surface area contributed by atoms with Crippen LogP contribution in [-0.4, -0.2) is 34.4 Å².